The van der Waals surface area contributed by atoms with Crippen molar-refractivity contribution < 1.29 is 9.53 Å². The van der Waals surface area contributed by atoms with Crippen molar-refractivity contribution in [1.29, 1.82) is 0 Å². The fourth-order valence-electron chi connectivity index (χ4n) is 5.86. The second kappa shape index (κ2) is 9.46. The van der Waals surface area contributed by atoms with Crippen LogP contribution in [-0.2, 0) is 4.74 Å². The van der Waals surface area contributed by atoms with Crippen LogP contribution in [-0.4, -0.2) is 82.8 Å². The summed E-state index contributed by atoms with van der Waals surface area (Å²) in [5, 5.41) is 0. The maximum atomic E-state index is 12.3. The van der Waals surface area contributed by atoms with Crippen LogP contribution in [0.5, 0.6) is 0 Å². The molecular weight excluding hydrogens is 440 g/mol. The van der Waals surface area contributed by atoms with Gasteiger partial charge in [0.15, 0.2) is 6.61 Å². The number of anilines is 1. The third-order valence-corrected chi connectivity index (χ3v) is 7.89. The largest absolute Gasteiger partial charge is 0.436 e. The summed E-state index contributed by atoms with van der Waals surface area (Å²) in [7, 11) is 0. The number of piperazine rings is 1. The van der Waals surface area contributed by atoms with E-state index in [0.717, 1.165) is 56.3 Å². The quantitative estimate of drug-likeness (QED) is 0.633. The first-order valence-electron chi connectivity index (χ1n) is 12.8. The van der Waals surface area contributed by atoms with Crippen molar-refractivity contribution in [2.75, 3.05) is 50.8 Å². The maximum absolute atomic E-state index is 12.3. The molecule has 0 N–H and O–H groups in total. The van der Waals surface area contributed by atoms with Gasteiger partial charge in [-0.2, -0.15) is 0 Å². The highest BCUT2D eigenvalue weighted by Crippen LogP contribution is 2.47. The molecule has 0 radical (unpaired) electrons. The molecular formula is C27H32N6O2. The van der Waals surface area contributed by atoms with E-state index in [4.69, 9.17) is 9.72 Å². The molecule has 4 aliphatic rings. The highest BCUT2D eigenvalue weighted by atomic mass is 16.6. The maximum Gasteiger partial charge on any atom is 0.410 e. The number of nitrogens with zero attached hydrogens (tertiary/aromatic N) is 6. The standard InChI is InChI=1S/C27H32N6O2/c34-26(35-16-2-3-21-5-6-21)33-19-27(20-33)8-7-22(17-27)31-12-14-32(15-13-31)25-23(4-1-9-30-25)24-18-28-10-11-29-24/h1,4,9-11,18,21-22H,5-8,12-17,19-20H2. The first-order chi connectivity index (χ1) is 17.2. The van der Waals surface area contributed by atoms with Gasteiger partial charge in [-0.25, -0.2) is 9.78 Å². The van der Waals surface area contributed by atoms with Gasteiger partial charge in [0, 0.05) is 80.8 Å². The molecule has 2 aromatic heterocycles. The lowest BCUT2D eigenvalue weighted by Gasteiger charge is -2.48. The molecule has 8 nitrogen and oxygen atoms in total. The fraction of sp³-hybridized carbons (Fsp3) is 0.556. The molecule has 4 heterocycles. The second-order valence-corrected chi connectivity index (χ2v) is 10.4. The Labute approximate surface area is 206 Å². The lowest BCUT2D eigenvalue weighted by molar-refractivity contribution is -0.000844. The van der Waals surface area contributed by atoms with E-state index in [9.17, 15) is 4.79 Å². The molecule has 8 heteroatoms. The Bertz CT molecular complexity index is 1110. The molecule has 2 aliphatic heterocycles. The topological polar surface area (TPSA) is 74.7 Å². The molecule has 6 rings (SSSR count). The predicted molar refractivity (Wildman–Crippen MR) is 133 cm³/mol. The van der Waals surface area contributed by atoms with E-state index in [1.807, 2.05) is 17.2 Å². The summed E-state index contributed by atoms with van der Waals surface area (Å²) in [5.74, 6) is 7.65. The van der Waals surface area contributed by atoms with Gasteiger partial charge in [0.1, 0.15) is 5.82 Å². The van der Waals surface area contributed by atoms with Crippen molar-refractivity contribution in [3.05, 3.63) is 36.9 Å². The average molecular weight is 473 g/mol. The van der Waals surface area contributed by atoms with Crippen LogP contribution in [0.1, 0.15) is 32.1 Å². The van der Waals surface area contributed by atoms with Crippen molar-refractivity contribution in [2.24, 2.45) is 11.3 Å². The highest BCUT2D eigenvalue weighted by Gasteiger charge is 2.51. The molecule has 4 fully saturated rings. The molecule has 2 aliphatic carbocycles. The number of pyridine rings is 1. The molecule has 1 unspecified atom stereocenters. The summed E-state index contributed by atoms with van der Waals surface area (Å²) < 4.78 is 5.35. The van der Waals surface area contributed by atoms with Gasteiger partial charge in [-0.1, -0.05) is 11.8 Å². The van der Waals surface area contributed by atoms with Crippen molar-refractivity contribution in [1.82, 2.24) is 24.8 Å². The third-order valence-electron chi connectivity index (χ3n) is 7.89. The number of rotatable bonds is 4. The van der Waals surface area contributed by atoms with Crippen LogP contribution in [0.4, 0.5) is 10.6 Å². The van der Waals surface area contributed by atoms with Crippen molar-refractivity contribution in [2.45, 2.75) is 38.1 Å². The smallest absolute Gasteiger partial charge is 0.410 e. The summed E-state index contributed by atoms with van der Waals surface area (Å²) in [4.78, 5) is 32.6. The first kappa shape index (κ1) is 22.3. The Hall–Kier alpha value is -3.18. The molecule has 2 saturated heterocycles. The number of carbonyl (C=O) groups is 1. The Morgan fingerprint density at radius 2 is 1.94 bits per heavy atom. The summed E-state index contributed by atoms with van der Waals surface area (Å²) in [6, 6.07) is 4.64. The lowest BCUT2D eigenvalue weighted by Crippen LogP contribution is -2.58. The highest BCUT2D eigenvalue weighted by molar-refractivity contribution is 5.72. The minimum absolute atomic E-state index is 0.202. The first-order valence-corrected chi connectivity index (χ1v) is 12.8. The normalized spacial score (nSPS) is 23.5. The van der Waals surface area contributed by atoms with Crippen molar-refractivity contribution in [3.63, 3.8) is 0 Å². The minimum atomic E-state index is -0.202. The summed E-state index contributed by atoms with van der Waals surface area (Å²) in [5.41, 5.74) is 2.17. The molecule has 0 aromatic carbocycles. The van der Waals surface area contributed by atoms with Gasteiger partial charge in [0.2, 0.25) is 0 Å². The van der Waals surface area contributed by atoms with Crippen molar-refractivity contribution >= 4 is 11.9 Å². The van der Waals surface area contributed by atoms with E-state index >= 15 is 0 Å². The van der Waals surface area contributed by atoms with Gasteiger partial charge in [0.05, 0.1) is 11.9 Å². The number of aromatic nitrogens is 3. The van der Waals surface area contributed by atoms with Gasteiger partial charge in [-0.15, -0.1) is 0 Å². The Kier molecular flexibility index (Phi) is 6.03. The van der Waals surface area contributed by atoms with Gasteiger partial charge in [0.25, 0.3) is 0 Å². The van der Waals surface area contributed by atoms with Gasteiger partial charge in [-0.05, 0) is 44.2 Å². The Morgan fingerprint density at radius 3 is 2.71 bits per heavy atom. The molecule has 1 spiro atoms. The minimum Gasteiger partial charge on any atom is -0.436 e. The molecule has 182 valence electrons. The van der Waals surface area contributed by atoms with Crippen LogP contribution in [0.15, 0.2) is 36.9 Å². The monoisotopic (exact) mass is 472 g/mol. The zero-order valence-corrected chi connectivity index (χ0v) is 20.1. The van der Waals surface area contributed by atoms with Gasteiger partial charge >= 0.3 is 6.09 Å². The van der Waals surface area contributed by atoms with E-state index in [0.29, 0.717) is 12.0 Å². The summed E-state index contributed by atoms with van der Waals surface area (Å²) in [6.45, 7) is 5.84. The zero-order chi connectivity index (χ0) is 23.7. The number of carbonyl (C=O) groups excluding carboxylic acids is 1. The van der Waals surface area contributed by atoms with Crippen LogP contribution in [0.2, 0.25) is 0 Å². The Morgan fingerprint density at radius 1 is 1.09 bits per heavy atom. The van der Waals surface area contributed by atoms with E-state index in [1.165, 1.54) is 32.1 Å². The molecule has 35 heavy (non-hydrogen) atoms. The zero-order valence-electron chi connectivity index (χ0n) is 20.1. The average Bonchev–Trinajstić information content (AvgIpc) is 3.61. The molecule has 1 amide bonds. The molecule has 2 aromatic rings. The van der Waals surface area contributed by atoms with Crippen molar-refractivity contribution in [3.8, 4) is 23.1 Å². The van der Waals surface area contributed by atoms with Gasteiger partial charge in [-0.3, -0.25) is 14.9 Å². The number of hydrogen-bond acceptors (Lipinski definition) is 7. The SMILES string of the molecule is O=C(OCC#CC1CC1)N1CC2(CCC(N3CCN(c4ncccc4-c4cnccn4)CC3)C2)C1. The molecule has 0 bridgehead atoms. The van der Waals surface area contributed by atoms with E-state index < -0.39 is 0 Å². The predicted octanol–water partition coefficient (Wildman–Crippen LogP) is 3.07. The summed E-state index contributed by atoms with van der Waals surface area (Å²) >= 11 is 0. The lowest BCUT2D eigenvalue weighted by atomic mass is 9.78. The number of ether oxygens (including phenoxy) is 1. The molecule has 1 atom stereocenters. The number of likely N-dealkylation sites (tertiary alicyclic amines) is 1. The molecule has 2 saturated carbocycles. The van der Waals surface area contributed by atoms with Crippen LogP contribution in [0, 0.1) is 23.2 Å². The number of hydrogen-bond donors (Lipinski definition) is 0. The fourth-order valence-corrected chi connectivity index (χ4v) is 5.86. The Balaban J connectivity index is 0.992. The van der Waals surface area contributed by atoms with Gasteiger partial charge < -0.3 is 14.5 Å². The third kappa shape index (κ3) is 4.83. The van der Waals surface area contributed by atoms with E-state index in [1.54, 1.807) is 18.6 Å². The van der Waals surface area contributed by atoms with Crippen LogP contribution in [0.25, 0.3) is 11.3 Å². The number of amides is 1. The van der Waals surface area contributed by atoms with Crippen LogP contribution in [0.3, 0.4) is 0 Å². The van der Waals surface area contributed by atoms with E-state index in [-0.39, 0.29) is 18.1 Å². The second-order valence-electron chi connectivity index (χ2n) is 10.4. The summed E-state index contributed by atoms with van der Waals surface area (Å²) in [6.07, 6.45) is 12.8. The van der Waals surface area contributed by atoms with Crippen LogP contribution < -0.4 is 4.90 Å². The van der Waals surface area contributed by atoms with E-state index in [2.05, 4.69) is 37.7 Å². The van der Waals surface area contributed by atoms with Crippen LogP contribution >= 0.6 is 0 Å².